The van der Waals surface area contributed by atoms with E-state index in [1.807, 2.05) is 13.8 Å². The molecule has 0 atom stereocenters. The van der Waals surface area contributed by atoms with E-state index in [-0.39, 0.29) is 25.0 Å². The highest BCUT2D eigenvalue weighted by Gasteiger charge is 2.25. The lowest BCUT2D eigenvalue weighted by Crippen LogP contribution is -2.49. The van der Waals surface area contributed by atoms with Crippen molar-refractivity contribution in [1.82, 2.24) is 10.2 Å². The van der Waals surface area contributed by atoms with Crippen LogP contribution in [0.5, 0.6) is 0 Å². The van der Waals surface area contributed by atoms with Crippen LogP contribution in [-0.4, -0.2) is 49.1 Å². The first-order valence-corrected chi connectivity index (χ1v) is 4.75. The molecule has 2 amide bonds. The first-order chi connectivity index (χ1) is 6.61. The Morgan fingerprint density at radius 3 is 2.43 bits per heavy atom. The summed E-state index contributed by atoms with van der Waals surface area (Å²) >= 11 is 0. The van der Waals surface area contributed by atoms with E-state index in [0.29, 0.717) is 19.1 Å². The van der Waals surface area contributed by atoms with Gasteiger partial charge in [-0.05, 0) is 0 Å². The van der Waals surface area contributed by atoms with E-state index in [0.717, 1.165) is 0 Å². The number of nitrogens with zero attached hydrogens (tertiary/aromatic N) is 1. The number of carbonyl (C=O) groups is 2. The molecule has 5 nitrogen and oxygen atoms in total. The lowest BCUT2D eigenvalue weighted by Gasteiger charge is -2.25. The molecule has 1 aliphatic rings. The maximum atomic E-state index is 11.2. The molecule has 0 spiro atoms. The van der Waals surface area contributed by atoms with Gasteiger partial charge in [0.25, 0.3) is 11.8 Å². The Labute approximate surface area is 83.4 Å². The van der Waals surface area contributed by atoms with Gasteiger partial charge < -0.3 is 10.1 Å². The summed E-state index contributed by atoms with van der Waals surface area (Å²) in [6.07, 6.45) is 0. The zero-order chi connectivity index (χ0) is 10.6. The highest BCUT2D eigenvalue weighted by Crippen LogP contribution is 1.99. The molecule has 0 aromatic rings. The molecule has 0 unspecified atom stereocenters. The molecule has 1 saturated heterocycles. The van der Waals surface area contributed by atoms with Crippen LogP contribution in [0.1, 0.15) is 13.8 Å². The lowest BCUT2D eigenvalue weighted by atomic mass is 10.3. The van der Waals surface area contributed by atoms with Gasteiger partial charge in [0, 0.05) is 19.1 Å². The summed E-state index contributed by atoms with van der Waals surface area (Å²) in [7, 11) is 0. The molecule has 0 aromatic carbocycles. The fraction of sp³-hybridized carbons (Fsp3) is 0.778. The zero-order valence-corrected chi connectivity index (χ0v) is 8.58. The summed E-state index contributed by atoms with van der Waals surface area (Å²) in [4.78, 5) is 23.7. The molecule has 0 radical (unpaired) electrons. The Morgan fingerprint density at radius 2 is 1.93 bits per heavy atom. The van der Waals surface area contributed by atoms with Crippen molar-refractivity contribution in [3.63, 3.8) is 0 Å². The third-order valence-electron chi connectivity index (χ3n) is 1.94. The second kappa shape index (κ2) is 5.07. The van der Waals surface area contributed by atoms with Crippen molar-refractivity contribution in [2.45, 2.75) is 19.9 Å². The van der Waals surface area contributed by atoms with E-state index >= 15 is 0 Å². The van der Waals surface area contributed by atoms with E-state index in [2.05, 4.69) is 5.32 Å². The van der Waals surface area contributed by atoms with Crippen molar-refractivity contribution in [2.75, 3.05) is 26.3 Å². The second-order valence-electron chi connectivity index (χ2n) is 3.54. The van der Waals surface area contributed by atoms with E-state index in [9.17, 15) is 9.59 Å². The van der Waals surface area contributed by atoms with E-state index in [1.54, 1.807) is 0 Å². The first kappa shape index (κ1) is 11.1. The molecule has 1 N–H and O–H groups in total. The molecule has 1 fully saturated rings. The summed E-state index contributed by atoms with van der Waals surface area (Å²) in [5, 5.41) is 3.15. The van der Waals surface area contributed by atoms with Crippen molar-refractivity contribution < 1.29 is 14.3 Å². The predicted octanol–water partition coefficient (Wildman–Crippen LogP) is -0.630. The Balaban J connectivity index is 2.33. The molecular formula is C9H16N2O3. The van der Waals surface area contributed by atoms with Crippen LogP contribution in [0, 0.1) is 0 Å². The lowest BCUT2D eigenvalue weighted by molar-refractivity contribution is -0.158. The highest BCUT2D eigenvalue weighted by atomic mass is 16.5. The van der Waals surface area contributed by atoms with Crippen molar-refractivity contribution in [2.24, 2.45) is 0 Å². The number of morpholine rings is 1. The minimum absolute atomic E-state index is 0.0212. The molecule has 14 heavy (non-hydrogen) atoms. The number of hydrogen-bond acceptors (Lipinski definition) is 4. The van der Waals surface area contributed by atoms with Crippen LogP contribution >= 0.6 is 0 Å². The summed E-state index contributed by atoms with van der Waals surface area (Å²) in [6.45, 7) is 5.14. The standard InChI is InChI=1S/C9H16N2O3/c1-7(2)10-3-4-11-8(12)5-14-6-9(11)13/h7,10H,3-6H2,1-2H3. The van der Waals surface area contributed by atoms with Crippen LogP contribution in [0.3, 0.4) is 0 Å². The van der Waals surface area contributed by atoms with E-state index in [4.69, 9.17) is 4.74 Å². The van der Waals surface area contributed by atoms with Gasteiger partial charge in [-0.3, -0.25) is 14.5 Å². The number of ether oxygens (including phenoxy) is 1. The number of rotatable bonds is 4. The number of carbonyl (C=O) groups excluding carboxylic acids is 2. The molecule has 5 heteroatoms. The minimum Gasteiger partial charge on any atom is -0.362 e. The first-order valence-electron chi connectivity index (χ1n) is 4.75. The number of imide groups is 1. The Kier molecular flexibility index (Phi) is 4.03. The summed E-state index contributed by atoms with van der Waals surface area (Å²) in [5.74, 6) is -0.487. The molecule has 0 aliphatic carbocycles. The minimum atomic E-state index is -0.244. The topological polar surface area (TPSA) is 58.6 Å². The Morgan fingerprint density at radius 1 is 1.36 bits per heavy atom. The maximum Gasteiger partial charge on any atom is 0.255 e. The third kappa shape index (κ3) is 3.08. The monoisotopic (exact) mass is 200 g/mol. The average Bonchev–Trinajstić information content (AvgIpc) is 2.09. The van der Waals surface area contributed by atoms with E-state index < -0.39 is 0 Å². The maximum absolute atomic E-state index is 11.2. The van der Waals surface area contributed by atoms with Crippen LogP contribution in [-0.2, 0) is 14.3 Å². The van der Waals surface area contributed by atoms with Gasteiger partial charge in [0.15, 0.2) is 0 Å². The molecule has 0 saturated carbocycles. The molecule has 80 valence electrons. The molecule has 1 aliphatic heterocycles. The van der Waals surface area contributed by atoms with Crippen LogP contribution in [0.2, 0.25) is 0 Å². The predicted molar refractivity (Wildman–Crippen MR) is 50.7 cm³/mol. The molecule has 0 bridgehead atoms. The van der Waals surface area contributed by atoms with Crippen molar-refractivity contribution in [1.29, 1.82) is 0 Å². The summed E-state index contributed by atoms with van der Waals surface area (Å²) in [6, 6.07) is 0.362. The summed E-state index contributed by atoms with van der Waals surface area (Å²) < 4.78 is 4.79. The van der Waals surface area contributed by atoms with E-state index in [1.165, 1.54) is 4.90 Å². The smallest absolute Gasteiger partial charge is 0.255 e. The average molecular weight is 200 g/mol. The van der Waals surface area contributed by atoms with Crippen molar-refractivity contribution in [3.8, 4) is 0 Å². The zero-order valence-electron chi connectivity index (χ0n) is 8.58. The Hall–Kier alpha value is -0.940. The van der Waals surface area contributed by atoms with Gasteiger partial charge in [0.2, 0.25) is 0 Å². The summed E-state index contributed by atoms with van der Waals surface area (Å²) in [5.41, 5.74) is 0. The molecule has 1 heterocycles. The number of amides is 2. The van der Waals surface area contributed by atoms with Crippen molar-refractivity contribution >= 4 is 11.8 Å². The van der Waals surface area contributed by atoms with Gasteiger partial charge in [0.05, 0.1) is 0 Å². The molecule has 1 rings (SSSR count). The SMILES string of the molecule is CC(C)NCCN1C(=O)COCC1=O. The second-order valence-corrected chi connectivity index (χ2v) is 3.54. The van der Waals surface area contributed by atoms with Gasteiger partial charge in [-0.15, -0.1) is 0 Å². The Bertz CT molecular complexity index is 212. The van der Waals surface area contributed by atoms with Gasteiger partial charge in [0.1, 0.15) is 13.2 Å². The highest BCUT2D eigenvalue weighted by molar-refractivity contribution is 5.98. The van der Waals surface area contributed by atoms with Crippen LogP contribution < -0.4 is 5.32 Å². The third-order valence-corrected chi connectivity index (χ3v) is 1.94. The number of nitrogens with one attached hydrogen (secondary N) is 1. The van der Waals surface area contributed by atoms with Gasteiger partial charge >= 0.3 is 0 Å². The van der Waals surface area contributed by atoms with Gasteiger partial charge in [-0.2, -0.15) is 0 Å². The van der Waals surface area contributed by atoms with Crippen LogP contribution in [0.25, 0.3) is 0 Å². The quantitative estimate of drug-likeness (QED) is 0.614. The largest absolute Gasteiger partial charge is 0.362 e. The molecule has 0 aromatic heterocycles. The fourth-order valence-corrected chi connectivity index (χ4v) is 1.24. The van der Waals surface area contributed by atoms with Crippen LogP contribution in [0.4, 0.5) is 0 Å². The van der Waals surface area contributed by atoms with Gasteiger partial charge in [-0.1, -0.05) is 13.8 Å². The van der Waals surface area contributed by atoms with Crippen molar-refractivity contribution in [3.05, 3.63) is 0 Å². The number of hydrogen-bond donors (Lipinski definition) is 1. The van der Waals surface area contributed by atoms with Gasteiger partial charge in [-0.25, -0.2) is 0 Å². The molecular weight excluding hydrogens is 184 g/mol. The fourth-order valence-electron chi connectivity index (χ4n) is 1.24. The normalized spacial score (nSPS) is 18.1. The van der Waals surface area contributed by atoms with Crippen LogP contribution in [0.15, 0.2) is 0 Å².